The Balaban J connectivity index is 1.60. The second kappa shape index (κ2) is 8.66. The van der Waals surface area contributed by atoms with Gasteiger partial charge < -0.3 is 15.3 Å². The molecule has 5 rings (SSSR count). The van der Waals surface area contributed by atoms with Crippen LogP contribution in [0.5, 0.6) is 0 Å². The van der Waals surface area contributed by atoms with E-state index in [1.165, 1.54) is 28.8 Å². The van der Waals surface area contributed by atoms with Crippen molar-refractivity contribution in [3.8, 4) is 0 Å². The summed E-state index contributed by atoms with van der Waals surface area (Å²) in [4.78, 5) is 35.6. The van der Waals surface area contributed by atoms with Gasteiger partial charge in [-0.1, -0.05) is 35.9 Å². The minimum atomic E-state index is -1.26. The van der Waals surface area contributed by atoms with Crippen molar-refractivity contribution in [1.82, 2.24) is 14.5 Å². The summed E-state index contributed by atoms with van der Waals surface area (Å²) in [6, 6.07) is 12.9. The minimum absolute atomic E-state index is 0.0400. The number of carbonyl (C=O) groups is 1. The van der Waals surface area contributed by atoms with Crippen LogP contribution < -0.4 is 15.8 Å². The third-order valence-electron chi connectivity index (χ3n) is 6.18. The van der Waals surface area contributed by atoms with Gasteiger partial charge >= 0.3 is 5.97 Å². The Morgan fingerprint density at radius 3 is 2.49 bits per heavy atom. The van der Waals surface area contributed by atoms with Crippen molar-refractivity contribution in [2.75, 3.05) is 10.2 Å². The van der Waals surface area contributed by atoms with E-state index in [0.717, 1.165) is 11.1 Å². The SMILES string of the molecule is C[C@@H](Nc1ccc(Cl)nc1C(=O)O)c1cc(F)cc2c(=O)n(C)c(N3Cc4ccccc4C3)nc12. The summed E-state index contributed by atoms with van der Waals surface area (Å²) in [6.07, 6.45) is 0. The molecule has 0 unspecified atom stereocenters. The number of halogens is 2. The largest absolute Gasteiger partial charge is 0.476 e. The molecule has 0 fully saturated rings. The zero-order valence-electron chi connectivity index (χ0n) is 18.9. The molecular formula is C25H21ClFN5O3. The lowest BCUT2D eigenvalue weighted by atomic mass is 10.0. The molecule has 35 heavy (non-hydrogen) atoms. The third-order valence-corrected chi connectivity index (χ3v) is 6.39. The standard InChI is InChI=1S/C25H21ClFN5O3/c1-13(28-19-7-8-20(26)29-22(19)24(34)35)17-9-16(27)10-18-21(17)30-25(31(2)23(18)33)32-11-14-5-3-4-6-15(14)12-32/h3-10,13,28H,11-12H2,1-2H3,(H,34,35)/t13-/m1/s1. The third kappa shape index (κ3) is 4.08. The molecule has 0 saturated heterocycles. The summed E-state index contributed by atoms with van der Waals surface area (Å²) in [5.41, 5.74) is 2.67. The minimum Gasteiger partial charge on any atom is -0.476 e. The number of carboxylic acids is 1. The number of aromatic carboxylic acids is 1. The summed E-state index contributed by atoms with van der Waals surface area (Å²) < 4.78 is 16.0. The monoisotopic (exact) mass is 493 g/mol. The molecule has 0 spiro atoms. The maximum absolute atomic E-state index is 14.6. The highest BCUT2D eigenvalue weighted by molar-refractivity contribution is 6.29. The van der Waals surface area contributed by atoms with Gasteiger partial charge in [0.05, 0.1) is 22.6 Å². The quantitative estimate of drug-likeness (QED) is 0.394. The summed E-state index contributed by atoms with van der Waals surface area (Å²) in [5.74, 6) is -1.37. The molecule has 2 aromatic heterocycles. The topological polar surface area (TPSA) is 100 Å². The van der Waals surface area contributed by atoms with Crippen LogP contribution in [-0.4, -0.2) is 25.6 Å². The normalized spacial score (nSPS) is 13.7. The number of benzene rings is 2. The van der Waals surface area contributed by atoms with Crippen LogP contribution in [0.15, 0.2) is 53.3 Å². The first kappa shape index (κ1) is 22.8. The van der Waals surface area contributed by atoms with Crippen molar-refractivity contribution in [3.63, 3.8) is 0 Å². The highest BCUT2D eigenvalue weighted by Gasteiger charge is 2.25. The Morgan fingerprint density at radius 2 is 1.83 bits per heavy atom. The van der Waals surface area contributed by atoms with E-state index in [-0.39, 0.29) is 27.5 Å². The van der Waals surface area contributed by atoms with Crippen molar-refractivity contribution in [2.24, 2.45) is 7.05 Å². The highest BCUT2D eigenvalue weighted by Crippen LogP contribution is 2.31. The number of nitrogens with zero attached hydrogens (tertiary/aromatic N) is 4. The van der Waals surface area contributed by atoms with Crippen LogP contribution in [-0.2, 0) is 20.1 Å². The predicted molar refractivity (Wildman–Crippen MR) is 132 cm³/mol. The van der Waals surface area contributed by atoms with Gasteiger partial charge in [0.25, 0.3) is 5.56 Å². The number of rotatable bonds is 5. The molecule has 0 amide bonds. The van der Waals surface area contributed by atoms with Crippen molar-refractivity contribution < 1.29 is 14.3 Å². The molecule has 0 bridgehead atoms. The Labute approximate surface area is 204 Å². The average Bonchev–Trinajstić information content (AvgIpc) is 3.26. The molecule has 3 heterocycles. The Hall–Kier alpha value is -3.98. The second-order valence-corrected chi connectivity index (χ2v) is 8.88. The van der Waals surface area contributed by atoms with Crippen molar-refractivity contribution >= 4 is 40.1 Å². The zero-order chi connectivity index (χ0) is 24.9. The first-order chi connectivity index (χ1) is 16.7. The van der Waals surface area contributed by atoms with E-state index in [1.54, 1.807) is 14.0 Å². The van der Waals surface area contributed by atoms with E-state index in [0.29, 0.717) is 30.1 Å². The molecule has 0 saturated carbocycles. The summed E-state index contributed by atoms with van der Waals surface area (Å²) in [6.45, 7) is 2.94. The maximum atomic E-state index is 14.6. The van der Waals surface area contributed by atoms with E-state index in [9.17, 15) is 19.1 Å². The van der Waals surface area contributed by atoms with Gasteiger partial charge in [0.1, 0.15) is 11.0 Å². The molecule has 2 aromatic carbocycles. The number of aromatic nitrogens is 3. The summed E-state index contributed by atoms with van der Waals surface area (Å²) in [5, 5.41) is 12.7. The number of hydrogen-bond donors (Lipinski definition) is 2. The van der Waals surface area contributed by atoms with Gasteiger partial charge in [0.2, 0.25) is 5.95 Å². The Bertz CT molecular complexity index is 1530. The Morgan fingerprint density at radius 1 is 1.14 bits per heavy atom. The van der Waals surface area contributed by atoms with E-state index in [2.05, 4.69) is 10.3 Å². The molecule has 1 aliphatic heterocycles. The van der Waals surface area contributed by atoms with Crippen LogP contribution in [0.1, 0.15) is 40.1 Å². The molecule has 0 aliphatic carbocycles. The fourth-order valence-corrected chi connectivity index (χ4v) is 4.62. The van der Waals surface area contributed by atoms with Gasteiger partial charge in [-0.25, -0.2) is 19.2 Å². The Kier molecular flexibility index (Phi) is 5.64. The maximum Gasteiger partial charge on any atom is 0.356 e. The number of carboxylic acid groups (broad SMARTS) is 1. The van der Waals surface area contributed by atoms with Crippen LogP contribution in [0, 0.1) is 5.82 Å². The summed E-state index contributed by atoms with van der Waals surface area (Å²) in [7, 11) is 1.62. The second-order valence-electron chi connectivity index (χ2n) is 8.49. The lowest BCUT2D eigenvalue weighted by molar-refractivity contribution is 0.0691. The van der Waals surface area contributed by atoms with E-state index in [1.807, 2.05) is 29.2 Å². The smallest absolute Gasteiger partial charge is 0.356 e. The van der Waals surface area contributed by atoms with Crippen molar-refractivity contribution in [2.45, 2.75) is 26.1 Å². The molecule has 1 atom stereocenters. The van der Waals surface area contributed by atoms with Gasteiger partial charge in [0.15, 0.2) is 5.69 Å². The first-order valence-electron chi connectivity index (χ1n) is 10.9. The molecular weight excluding hydrogens is 473 g/mol. The van der Waals surface area contributed by atoms with Gasteiger partial charge in [-0.05, 0) is 42.3 Å². The molecule has 8 nitrogen and oxygen atoms in total. The predicted octanol–water partition coefficient (Wildman–Crippen LogP) is 4.51. The van der Waals surface area contributed by atoms with Crippen molar-refractivity contribution in [3.05, 3.63) is 92.2 Å². The van der Waals surface area contributed by atoms with Gasteiger partial charge in [-0.15, -0.1) is 0 Å². The van der Waals surface area contributed by atoms with Gasteiger partial charge in [-0.2, -0.15) is 0 Å². The lowest BCUT2D eigenvalue weighted by Gasteiger charge is -2.22. The molecule has 4 aromatic rings. The van der Waals surface area contributed by atoms with E-state index < -0.39 is 17.8 Å². The van der Waals surface area contributed by atoms with Gasteiger partial charge in [0, 0.05) is 25.7 Å². The molecule has 10 heteroatoms. The van der Waals surface area contributed by atoms with Crippen LogP contribution >= 0.6 is 11.6 Å². The van der Waals surface area contributed by atoms with Gasteiger partial charge in [-0.3, -0.25) is 9.36 Å². The van der Waals surface area contributed by atoms with Crippen molar-refractivity contribution in [1.29, 1.82) is 0 Å². The van der Waals surface area contributed by atoms with E-state index in [4.69, 9.17) is 16.6 Å². The molecule has 2 N–H and O–H groups in total. The fraction of sp³-hybridized carbons (Fsp3) is 0.200. The average molecular weight is 494 g/mol. The highest BCUT2D eigenvalue weighted by atomic mass is 35.5. The number of pyridine rings is 1. The molecule has 1 aliphatic rings. The van der Waals surface area contributed by atoms with E-state index >= 15 is 0 Å². The lowest BCUT2D eigenvalue weighted by Crippen LogP contribution is -2.28. The summed E-state index contributed by atoms with van der Waals surface area (Å²) >= 11 is 5.86. The zero-order valence-corrected chi connectivity index (χ0v) is 19.7. The number of anilines is 2. The number of nitrogens with one attached hydrogen (secondary N) is 1. The van der Waals surface area contributed by atoms with Crippen LogP contribution in [0.4, 0.5) is 16.0 Å². The number of fused-ring (bicyclic) bond motifs is 2. The fourth-order valence-electron chi connectivity index (χ4n) is 4.47. The molecule has 0 radical (unpaired) electrons. The first-order valence-corrected chi connectivity index (χ1v) is 11.3. The number of hydrogen-bond acceptors (Lipinski definition) is 6. The van der Waals surface area contributed by atoms with Crippen LogP contribution in [0.2, 0.25) is 5.15 Å². The van der Waals surface area contributed by atoms with Crippen LogP contribution in [0.25, 0.3) is 10.9 Å². The van der Waals surface area contributed by atoms with Crippen LogP contribution in [0.3, 0.4) is 0 Å². The molecule has 178 valence electrons.